The summed E-state index contributed by atoms with van der Waals surface area (Å²) in [5, 5.41) is 0. The molecule has 0 saturated heterocycles. The van der Waals surface area contributed by atoms with Crippen molar-refractivity contribution in [1.82, 2.24) is 4.57 Å². The van der Waals surface area contributed by atoms with Gasteiger partial charge in [0.2, 0.25) is 5.91 Å². The van der Waals surface area contributed by atoms with Crippen LogP contribution >= 0.6 is 11.3 Å². The van der Waals surface area contributed by atoms with Crippen LogP contribution in [0.1, 0.15) is 13.3 Å². The minimum atomic E-state index is -0.668. The number of carbonyl (C=O) groups is 1. The summed E-state index contributed by atoms with van der Waals surface area (Å²) in [4.78, 5) is 15.7. The standard InChI is InChI=1S/C13H12F2N2OS/c1-3-5-17-12-9(15)6-8(14)7-10(12)19-13(17)16-11(18)4-2/h3,6-7H,1,4-5H2,2H3. The first kappa shape index (κ1) is 13.6. The molecule has 0 aliphatic rings. The maximum Gasteiger partial charge on any atom is 0.248 e. The zero-order valence-electron chi connectivity index (χ0n) is 10.3. The van der Waals surface area contributed by atoms with Crippen LogP contribution in [0.3, 0.4) is 0 Å². The monoisotopic (exact) mass is 282 g/mol. The average molecular weight is 282 g/mol. The highest BCUT2D eigenvalue weighted by molar-refractivity contribution is 7.16. The van der Waals surface area contributed by atoms with Gasteiger partial charge in [-0.15, -0.1) is 6.58 Å². The van der Waals surface area contributed by atoms with Crippen molar-refractivity contribution < 1.29 is 13.6 Å². The number of thiazole rings is 1. The largest absolute Gasteiger partial charge is 0.310 e. The lowest BCUT2D eigenvalue weighted by Crippen LogP contribution is -2.16. The van der Waals surface area contributed by atoms with Crippen molar-refractivity contribution in [1.29, 1.82) is 0 Å². The molecule has 2 rings (SSSR count). The molecule has 3 nitrogen and oxygen atoms in total. The van der Waals surface area contributed by atoms with Crippen LogP contribution in [-0.2, 0) is 11.3 Å². The van der Waals surface area contributed by atoms with E-state index < -0.39 is 11.6 Å². The number of carbonyl (C=O) groups excluding carboxylic acids is 1. The van der Waals surface area contributed by atoms with Crippen molar-refractivity contribution in [2.75, 3.05) is 0 Å². The molecule has 19 heavy (non-hydrogen) atoms. The second kappa shape index (κ2) is 5.44. The minimum absolute atomic E-state index is 0.244. The fourth-order valence-corrected chi connectivity index (χ4v) is 2.79. The summed E-state index contributed by atoms with van der Waals surface area (Å²) in [6.45, 7) is 5.59. The number of hydrogen-bond acceptors (Lipinski definition) is 2. The van der Waals surface area contributed by atoms with Crippen LogP contribution < -0.4 is 4.80 Å². The molecule has 1 aromatic carbocycles. The molecule has 0 saturated carbocycles. The number of hydrogen-bond donors (Lipinski definition) is 0. The number of nitrogens with zero attached hydrogens (tertiary/aromatic N) is 2. The lowest BCUT2D eigenvalue weighted by Gasteiger charge is -2.01. The van der Waals surface area contributed by atoms with Crippen LogP contribution in [0.5, 0.6) is 0 Å². The Balaban J connectivity index is 2.81. The fourth-order valence-electron chi connectivity index (χ4n) is 1.70. The third-order valence-electron chi connectivity index (χ3n) is 2.53. The van der Waals surface area contributed by atoms with Gasteiger partial charge in [-0.2, -0.15) is 4.99 Å². The first-order valence-electron chi connectivity index (χ1n) is 5.73. The van der Waals surface area contributed by atoms with Gasteiger partial charge in [0.25, 0.3) is 0 Å². The molecule has 0 aliphatic carbocycles. The van der Waals surface area contributed by atoms with Crippen molar-refractivity contribution >= 4 is 27.5 Å². The van der Waals surface area contributed by atoms with Crippen LogP contribution in [-0.4, -0.2) is 10.5 Å². The second-order valence-corrected chi connectivity index (χ2v) is 4.89. The average Bonchev–Trinajstić information content (AvgIpc) is 2.67. The fraction of sp³-hybridized carbons (Fsp3) is 0.231. The Morgan fingerprint density at radius 1 is 1.53 bits per heavy atom. The lowest BCUT2D eigenvalue weighted by molar-refractivity contribution is -0.117. The normalized spacial score (nSPS) is 12.1. The molecular weight excluding hydrogens is 270 g/mol. The molecule has 6 heteroatoms. The highest BCUT2D eigenvalue weighted by atomic mass is 32.1. The number of fused-ring (bicyclic) bond motifs is 1. The summed E-state index contributed by atoms with van der Waals surface area (Å²) >= 11 is 1.08. The van der Waals surface area contributed by atoms with Gasteiger partial charge in [0.05, 0.1) is 10.2 Å². The molecular formula is C13H12F2N2OS. The number of benzene rings is 1. The number of allylic oxidation sites excluding steroid dienone is 1. The van der Waals surface area contributed by atoms with E-state index in [1.165, 1.54) is 10.6 Å². The first-order chi connectivity index (χ1) is 9.06. The summed E-state index contributed by atoms with van der Waals surface area (Å²) in [5.74, 6) is -1.62. The van der Waals surface area contributed by atoms with Crippen LogP contribution in [0, 0.1) is 11.6 Å². The van der Waals surface area contributed by atoms with Gasteiger partial charge in [-0.25, -0.2) is 8.78 Å². The van der Waals surface area contributed by atoms with E-state index in [-0.39, 0.29) is 17.8 Å². The SMILES string of the molecule is C=CCn1c(=NC(=O)CC)sc2cc(F)cc(F)c21. The Labute approximate surface area is 112 Å². The first-order valence-corrected chi connectivity index (χ1v) is 6.55. The van der Waals surface area contributed by atoms with E-state index in [4.69, 9.17) is 0 Å². The second-order valence-electron chi connectivity index (χ2n) is 3.88. The van der Waals surface area contributed by atoms with Gasteiger partial charge >= 0.3 is 0 Å². The van der Waals surface area contributed by atoms with E-state index >= 15 is 0 Å². The van der Waals surface area contributed by atoms with Crippen LogP contribution in [0.4, 0.5) is 8.78 Å². The molecule has 1 aromatic heterocycles. The van der Waals surface area contributed by atoms with Crippen LogP contribution in [0.2, 0.25) is 0 Å². The van der Waals surface area contributed by atoms with E-state index in [1.54, 1.807) is 13.0 Å². The van der Waals surface area contributed by atoms with Crippen LogP contribution in [0.25, 0.3) is 10.2 Å². The van der Waals surface area contributed by atoms with Gasteiger partial charge in [0.15, 0.2) is 10.6 Å². The Bertz CT molecular complexity index is 715. The van der Waals surface area contributed by atoms with Gasteiger partial charge in [-0.05, 0) is 6.07 Å². The predicted octanol–water partition coefficient (Wildman–Crippen LogP) is 3.00. The summed E-state index contributed by atoms with van der Waals surface area (Å²) in [6, 6.07) is 2.05. The highest BCUT2D eigenvalue weighted by Gasteiger charge is 2.12. The summed E-state index contributed by atoms with van der Waals surface area (Å²) in [7, 11) is 0. The lowest BCUT2D eigenvalue weighted by atomic mass is 10.3. The summed E-state index contributed by atoms with van der Waals surface area (Å²) < 4.78 is 29.0. The molecule has 0 bridgehead atoms. The summed E-state index contributed by atoms with van der Waals surface area (Å²) in [6.07, 6.45) is 1.84. The molecule has 100 valence electrons. The Morgan fingerprint density at radius 3 is 2.89 bits per heavy atom. The van der Waals surface area contributed by atoms with Gasteiger partial charge in [-0.1, -0.05) is 24.3 Å². The molecule has 0 aliphatic heterocycles. The van der Waals surface area contributed by atoms with Crippen molar-refractivity contribution in [2.24, 2.45) is 4.99 Å². The molecule has 1 heterocycles. The molecule has 0 spiro atoms. The van der Waals surface area contributed by atoms with Gasteiger partial charge < -0.3 is 4.57 Å². The molecule has 1 amide bonds. The van der Waals surface area contributed by atoms with Crippen molar-refractivity contribution in [2.45, 2.75) is 19.9 Å². The van der Waals surface area contributed by atoms with Crippen molar-refractivity contribution in [3.8, 4) is 0 Å². The maximum atomic E-state index is 13.8. The third-order valence-corrected chi connectivity index (χ3v) is 3.56. The maximum absolute atomic E-state index is 13.8. The van der Waals surface area contributed by atoms with Crippen LogP contribution in [0.15, 0.2) is 29.8 Å². The Morgan fingerprint density at radius 2 is 2.26 bits per heavy atom. The molecule has 2 aromatic rings. The molecule has 0 N–H and O–H groups in total. The highest BCUT2D eigenvalue weighted by Crippen LogP contribution is 2.22. The van der Waals surface area contributed by atoms with Gasteiger partial charge in [0.1, 0.15) is 5.82 Å². The Hall–Kier alpha value is -1.82. The number of halogens is 2. The van der Waals surface area contributed by atoms with Gasteiger partial charge in [0, 0.05) is 19.0 Å². The van der Waals surface area contributed by atoms with Gasteiger partial charge in [-0.3, -0.25) is 4.79 Å². The number of rotatable bonds is 3. The molecule has 0 fully saturated rings. The Kier molecular flexibility index (Phi) is 3.90. The molecule has 0 unspecified atom stereocenters. The van der Waals surface area contributed by atoms with E-state index in [0.29, 0.717) is 16.0 Å². The van der Waals surface area contributed by atoms with E-state index in [9.17, 15) is 13.6 Å². The predicted molar refractivity (Wildman–Crippen MR) is 70.8 cm³/mol. The zero-order valence-corrected chi connectivity index (χ0v) is 11.1. The van der Waals surface area contributed by atoms with E-state index in [1.807, 2.05) is 0 Å². The molecule has 0 atom stereocenters. The third kappa shape index (κ3) is 2.63. The minimum Gasteiger partial charge on any atom is -0.310 e. The van der Waals surface area contributed by atoms with E-state index in [0.717, 1.165) is 17.4 Å². The van der Waals surface area contributed by atoms with Crippen molar-refractivity contribution in [3.63, 3.8) is 0 Å². The zero-order chi connectivity index (χ0) is 14.0. The molecule has 0 radical (unpaired) electrons. The number of amides is 1. The number of aromatic nitrogens is 1. The smallest absolute Gasteiger partial charge is 0.248 e. The van der Waals surface area contributed by atoms with E-state index in [2.05, 4.69) is 11.6 Å². The quantitative estimate of drug-likeness (QED) is 0.797. The van der Waals surface area contributed by atoms with Crippen molar-refractivity contribution in [3.05, 3.63) is 41.2 Å². The topological polar surface area (TPSA) is 34.4 Å². The summed E-state index contributed by atoms with van der Waals surface area (Å²) in [5.41, 5.74) is 0.244.